The van der Waals surface area contributed by atoms with E-state index < -0.39 is 16.0 Å². The van der Waals surface area contributed by atoms with Crippen LogP contribution in [0.2, 0.25) is 0 Å². The number of benzene rings is 2. The van der Waals surface area contributed by atoms with E-state index in [4.69, 9.17) is 0 Å². The Morgan fingerprint density at radius 2 is 1.72 bits per heavy atom. The minimum Gasteiger partial charge on any atom is -0.478 e. The first-order chi connectivity index (χ1) is 11.6. The monoisotopic (exact) mass is 362 g/mol. The molecule has 0 atom stereocenters. The van der Waals surface area contributed by atoms with Gasteiger partial charge < -0.3 is 10.4 Å². The molecule has 0 aliphatic rings. The predicted molar refractivity (Wildman–Crippen MR) is 97.2 cm³/mol. The van der Waals surface area contributed by atoms with E-state index in [0.717, 1.165) is 5.56 Å². The second kappa shape index (κ2) is 7.25. The summed E-state index contributed by atoms with van der Waals surface area (Å²) >= 11 is 0. The van der Waals surface area contributed by atoms with E-state index in [1.54, 1.807) is 0 Å². The van der Waals surface area contributed by atoms with Crippen molar-refractivity contribution in [3.8, 4) is 0 Å². The summed E-state index contributed by atoms with van der Waals surface area (Å²) in [6, 6.07) is 13.1. The van der Waals surface area contributed by atoms with Crippen molar-refractivity contribution in [1.29, 1.82) is 0 Å². The van der Waals surface area contributed by atoms with E-state index in [2.05, 4.69) is 10.0 Å². The highest BCUT2D eigenvalue weighted by molar-refractivity contribution is 7.89. The number of rotatable bonds is 6. The molecule has 0 heterocycles. The molecular formula is C18H22N2O4S. The molecule has 25 heavy (non-hydrogen) atoms. The van der Waals surface area contributed by atoms with Gasteiger partial charge in [0.1, 0.15) is 4.90 Å². The maximum Gasteiger partial charge on any atom is 0.335 e. The van der Waals surface area contributed by atoms with Crippen LogP contribution in [0.3, 0.4) is 0 Å². The lowest BCUT2D eigenvalue weighted by atomic mass is 10.1. The van der Waals surface area contributed by atoms with Crippen LogP contribution >= 0.6 is 0 Å². The summed E-state index contributed by atoms with van der Waals surface area (Å²) in [6.07, 6.45) is 0. The molecule has 0 radical (unpaired) electrons. The first-order valence-corrected chi connectivity index (χ1v) is 9.26. The maximum atomic E-state index is 12.7. The van der Waals surface area contributed by atoms with Crippen LogP contribution in [0.15, 0.2) is 53.4 Å². The van der Waals surface area contributed by atoms with Crippen molar-refractivity contribution in [2.75, 3.05) is 5.32 Å². The quantitative estimate of drug-likeness (QED) is 0.734. The number of aromatic carboxylic acids is 1. The van der Waals surface area contributed by atoms with Crippen LogP contribution in [-0.4, -0.2) is 25.0 Å². The van der Waals surface area contributed by atoms with Crippen LogP contribution in [0, 0.1) is 0 Å². The molecule has 2 rings (SSSR count). The third-order valence-electron chi connectivity index (χ3n) is 3.34. The van der Waals surface area contributed by atoms with Gasteiger partial charge >= 0.3 is 5.97 Å². The highest BCUT2D eigenvalue weighted by atomic mass is 32.2. The second-order valence-electron chi connectivity index (χ2n) is 6.70. The van der Waals surface area contributed by atoms with E-state index in [1.807, 2.05) is 51.1 Å². The molecule has 0 unspecified atom stereocenters. The van der Waals surface area contributed by atoms with Crippen LogP contribution in [0.4, 0.5) is 5.69 Å². The zero-order valence-corrected chi connectivity index (χ0v) is 15.2. The van der Waals surface area contributed by atoms with Gasteiger partial charge in [-0.25, -0.2) is 17.9 Å². The number of carbonyl (C=O) groups is 1. The van der Waals surface area contributed by atoms with Gasteiger partial charge in [0.15, 0.2) is 0 Å². The molecule has 0 aromatic heterocycles. The lowest BCUT2D eigenvalue weighted by molar-refractivity contribution is 0.0696. The smallest absolute Gasteiger partial charge is 0.335 e. The summed E-state index contributed by atoms with van der Waals surface area (Å²) < 4.78 is 28.0. The summed E-state index contributed by atoms with van der Waals surface area (Å²) in [7, 11) is -3.89. The summed E-state index contributed by atoms with van der Waals surface area (Å²) in [5.41, 5.74) is 0.706. The van der Waals surface area contributed by atoms with Crippen LogP contribution in [0.5, 0.6) is 0 Å². The Labute approximate surface area is 147 Å². The molecule has 6 nitrogen and oxygen atoms in total. The largest absolute Gasteiger partial charge is 0.478 e. The molecule has 2 aromatic rings. The minimum atomic E-state index is -3.89. The van der Waals surface area contributed by atoms with E-state index in [1.165, 1.54) is 18.2 Å². The van der Waals surface area contributed by atoms with Gasteiger partial charge in [0.05, 0.1) is 11.3 Å². The number of nitrogens with one attached hydrogen (secondary N) is 2. The van der Waals surface area contributed by atoms with E-state index in [9.17, 15) is 18.3 Å². The van der Waals surface area contributed by atoms with Crippen LogP contribution < -0.4 is 10.0 Å². The first kappa shape index (κ1) is 19.0. The van der Waals surface area contributed by atoms with E-state index in [0.29, 0.717) is 5.69 Å². The Bertz CT molecular complexity index is 856. The summed E-state index contributed by atoms with van der Waals surface area (Å²) in [4.78, 5) is 11.1. The van der Waals surface area contributed by atoms with Gasteiger partial charge in [0.25, 0.3) is 0 Å². The highest BCUT2D eigenvalue weighted by Crippen LogP contribution is 2.26. The molecule has 0 amide bonds. The second-order valence-corrected chi connectivity index (χ2v) is 8.44. The normalized spacial score (nSPS) is 12.0. The summed E-state index contributed by atoms with van der Waals surface area (Å²) in [5.74, 6) is -1.18. The van der Waals surface area contributed by atoms with Crippen molar-refractivity contribution in [3.05, 3.63) is 59.7 Å². The molecule has 0 saturated carbocycles. The van der Waals surface area contributed by atoms with Crippen LogP contribution in [0.25, 0.3) is 0 Å². The maximum absolute atomic E-state index is 12.7. The number of sulfonamides is 1. The van der Waals surface area contributed by atoms with E-state index >= 15 is 0 Å². The fourth-order valence-electron chi connectivity index (χ4n) is 2.24. The molecule has 2 aromatic carbocycles. The Morgan fingerprint density at radius 1 is 1.08 bits per heavy atom. The lowest BCUT2D eigenvalue weighted by Crippen LogP contribution is -2.29. The van der Waals surface area contributed by atoms with Crippen LogP contribution in [-0.2, 0) is 16.6 Å². The molecule has 0 aliphatic heterocycles. The fourth-order valence-corrected chi connectivity index (χ4v) is 3.44. The van der Waals surface area contributed by atoms with E-state index in [-0.39, 0.29) is 22.5 Å². The molecule has 0 saturated heterocycles. The molecule has 134 valence electrons. The minimum absolute atomic E-state index is 0.0838. The standard InChI is InChI=1S/C18H22N2O4S/c1-18(2,3)20-15-10-9-14(17(21)22)11-16(15)25(23,24)19-12-13-7-5-4-6-8-13/h4-11,19-20H,12H2,1-3H3,(H,21,22). The molecule has 7 heteroatoms. The zero-order chi connectivity index (χ0) is 18.7. The third-order valence-corrected chi connectivity index (χ3v) is 4.78. The van der Waals surface area contributed by atoms with Gasteiger partial charge in [-0.3, -0.25) is 0 Å². The first-order valence-electron chi connectivity index (χ1n) is 7.78. The fraction of sp³-hybridized carbons (Fsp3) is 0.278. The number of hydrogen-bond acceptors (Lipinski definition) is 4. The van der Waals surface area contributed by atoms with Gasteiger partial charge in [0, 0.05) is 12.1 Å². The number of anilines is 1. The number of hydrogen-bond donors (Lipinski definition) is 3. The highest BCUT2D eigenvalue weighted by Gasteiger charge is 2.23. The molecule has 0 aliphatic carbocycles. The van der Waals surface area contributed by atoms with Crippen molar-refractivity contribution in [2.24, 2.45) is 0 Å². The van der Waals surface area contributed by atoms with Crippen LogP contribution in [0.1, 0.15) is 36.7 Å². The average Bonchev–Trinajstić information content (AvgIpc) is 2.52. The van der Waals surface area contributed by atoms with Crippen molar-refractivity contribution in [1.82, 2.24) is 4.72 Å². The SMILES string of the molecule is CC(C)(C)Nc1ccc(C(=O)O)cc1S(=O)(=O)NCc1ccccc1. The average molecular weight is 362 g/mol. The Kier molecular flexibility index (Phi) is 5.49. The van der Waals surface area contributed by atoms with Crippen molar-refractivity contribution in [2.45, 2.75) is 37.8 Å². The Morgan fingerprint density at radius 3 is 2.28 bits per heavy atom. The topological polar surface area (TPSA) is 95.5 Å². The molecular weight excluding hydrogens is 340 g/mol. The van der Waals surface area contributed by atoms with Crippen molar-refractivity contribution in [3.63, 3.8) is 0 Å². The lowest BCUT2D eigenvalue weighted by Gasteiger charge is -2.24. The zero-order valence-electron chi connectivity index (χ0n) is 14.4. The third kappa shape index (κ3) is 5.30. The summed E-state index contributed by atoms with van der Waals surface area (Å²) in [5, 5.41) is 12.3. The van der Waals surface area contributed by atoms with Gasteiger partial charge in [0.2, 0.25) is 10.0 Å². The molecule has 0 spiro atoms. The Balaban J connectivity index is 2.38. The predicted octanol–water partition coefficient (Wildman–Crippen LogP) is 3.07. The van der Waals surface area contributed by atoms with Gasteiger partial charge in [-0.05, 0) is 44.5 Å². The molecule has 0 fully saturated rings. The van der Waals surface area contributed by atoms with Crippen molar-refractivity contribution >= 4 is 21.7 Å². The number of carboxylic acids is 1. The molecule has 3 N–H and O–H groups in total. The van der Waals surface area contributed by atoms with Gasteiger partial charge in [-0.15, -0.1) is 0 Å². The molecule has 0 bridgehead atoms. The van der Waals surface area contributed by atoms with Gasteiger partial charge in [-0.1, -0.05) is 30.3 Å². The Hall–Kier alpha value is -2.38. The van der Waals surface area contributed by atoms with Gasteiger partial charge in [-0.2, -0.15) is 0 Å². The number of carboxylic acid groups (broad SMARTS) is 1. The summed E-state index contributed by atoms with van der Waals surface area (Å²) in [6.45, 7) is 5.80. The van der Waals surface area contributed by atoms with Crippen molar-refractivity contribution < 1.29 is 18.3 Å².